The smallest absolute Gasteiger partial charge is 0.335 e. The number of carboxylic acids is 2. The lowest BCUT2D eigenvalue weighted by atomic mass is 9.33. The molecule has 0 aromatic rings. The average molecular weight is 631 g/mol. The van der Waals surface area contributed by atoms with Crippen LogP contribution in [0.4, 0.5) is 0 Å². The Morgan fingerprint density at radius 2 is 1.58 bits per heavy atom. The fraction of sp³-hybridized carbons (Fsp3) is 0.861. The minimum absolute atomic E-state index is 0.00668. The molecule has 45 heavy (non-hydrogen) atoms. The van der Waals surface area contributed by atoms with Gasteiger partial charge < -0.3 is 29.9 Å². The summed E-state index contributed by atoms with van der Waals surface area (Å²) >= 11 is 0. The molecule has 5 fully saturated rings. The van der Waals surface area contributed by atoms with Gasteiger partial charge in [0.2, 0.25) is 0 Å². The number of aliphatic carboxylic acids is 2. The van der Waals surface area contributed by atoms with Crippen molar-refractivity contribution in [1.82, 2.24) is 0 Å². The Morgan fingerprint density at radius 1 is 0.911 bits per heavy atom. The van der Waals surface area contributed by atoms with Crippen LogP contribution in [0.15, 0.2) is 11.6 Å². The highest BCUT2D eigenvalue weighted by atomic mass is 16.7. The molecule has 0 aromatic carbocycles. The second-order valence-corrected chi connectivity index (χ2v) is 17.7. The van der Waals surface area contributed by atoms with E-state index in [0.717, 1.165) is 38.5 Å². The van der Waals surface area contributed by atoms with Crippen molar-refractivity contribution in [2.24, 2.45) is 50.2 Å². The standard InChI is InChI=1S/C36H54O9/c1-31(2)23-8-11-36(7)28(34(23,5)10-9-24(31)44-25-17-21(37)26(39)27(45-25)29(40)41)22(38)16-19-20-18-33(4,30(42)43)13-12-32(20,3)14-15-35(19,36)6/h16,20-21,23-28,37,39H,8-15,17-18H2,1-7H3,(H,40,41)(H,42,43)/t20-,21-,23+,24+,25-,26-,27+,28+,32-,33+,34+,35-,36-/m1/s1. The van der Waals surface area contributed by atoms with E-state index in [9.17, 15) is 34.8 Å². The summed E-state index contributed by atoms with van der Waals surface area (Å²) in [6.07, 6.45) is 3.84. The zero-order valence-electron chi connectivity index (χ0n) is 28.1. The number of ketones is 1. The molecule has 0 radical (unpaired) electrons. The van der Waals surface area contributed by atoms with E-state index in [1.807, 2.05) is 13.0 Å². The minimum atomic E-state index is -1.55. The molecular weight excluding hydrogens is 576 g/mol. The van der Waals surface area contributed by atoms with Crippen LogP contribution in [0.25, 0.3) is 0 Å². The van der Waals surface area contributed by atoms with Crippen LogP contribution >= 0.6 is 0 Å². The third-order valence-corrected chi connectivity index (χ3v) is 15.0. The number of carbonyl (C=O) groups excluding carboxylic acids is 1. The van der Waals surface area contributed by atoms with E-state index in [0.29, 0.717) is 19.3 Å². The van der Waals surface area contributed by atoms with E-state index in [-0.39, 0.29) is 63.1 Å². The quantitative estimate of drug-likeness (QED) is 0.301. The van der Waals surface area contributed by atoms with E-state index in [2.05, 4.69) is 41.5 Å². The molecule has 0 aromatic heterocycles. The lowest BCUT2D eigenvalue weighted by Crippen LogP contribution is -2.67. The lowest BCUT2D eigenvalue weighted by Gasteiger charge is -2.70. The summed E-state index contributed by atoms with van der Waals surface area (Å²) in [6.45, 7) is 15.6. The molecule has 6 aliphatic rings. The summed E-state index contributed by atoms with van der Waals surface area (Å²) in [6, 6.07) is 0. The van der Waals surface area contributed by atoms with Crippen molar-refractivity contribution in [3.05, 3.63) is 11.6 Å². The molecule has 6 rings (SSSR count). The van der Waals surface area contributed by atoms with Crippen molar-refractivity contribution in [2.45, 2.75) is 143 Å². The minimum Gasteiger partial charge on any atom is -0.481 e. The SMILES string of the molecule is CC1(C)[C@@H](O[C@H]2C[C@@H](O)[C@@H](O)[C@@H](C(=O)O)O2)CC[C@@]2(C)[C@H]1CC[C@]1(C)[C@H]2C(=O)C=C2[C@H]3C[C@@](C)(C(=O)O)CC[C@]3(C)CC[C@]21C. The van der Waals surface area contributed by atoms with Gasteiger partial charge in [-0.3, -0.25) is 9.59 Å². The van der Waals surface area contributed by atoms with E-state index < -0.39 is 42.0 Å². The van der Waals surface area contributed by atoms with Crippen molar-refractivity contribution in [3.8, 4) is 0 Å². The largest absolute Gasteiger partial charge is 0.481 e. The molecule has 1 aliphatic heterocycles. The molecule has 0 bridgehead atoms. The van der Waals surface area contributed by atoms with Gasteiger partial charge in [-0.15, -0.1) is 0 Å². The third-order valence-electron chi connectivity index (χ3n) is 15.0. The number of carboxylic acid groups (broad SMARTS) is 2. The highest BCUT2D eigenvalue weighted by molar-refractivity contribution is 5.95. The Kier molecular flexibility index (Phi) is 7.61. The number of allylic oxidation sites excluding steroid dienone is 2. The molecule has 0 unspecified atom stereocenters. The fourth-order valence-corrected chi connectivity index (χ4v) is 11.9. The van der Waals surface area contributed by atoms with Gasteiger partial charge in [0.25, 0.3) is 0 Å². The molecule has 4 saturated carbocycles. The molecule has 1 heterocycles. The van der Waals surface area contributed by atoms with Crippen LogP contribution in [0.1, 0.15) is 113 Å². The fourth-order valence-electron chi connectivity index (χ4n) is 11.9. The normalized spacial score (nSPS) is 52.4. The summed E-state index contributed by atoms with van der Waals surface area (Å²) in [4.78, 5) is 38.6. The average Bonchev–Trinajstić information content (AvgIpc) is 2.94. The third kappa shape index (κ3) is 4.56. The van der Waals surface area contributed by atoms with E-state index in [1.54, 1.807) is 0 Å². The number of fused-ring (bicyclic) bond motifs is 7. The number of hydrogen-bond acceptors (Lipinski definition) is 7. The Balaban J connectivity index is 1.30. The second-order valence-electron chi connectivity index (χ2n) is 17.7. The van der Waals surface area contributed by atoms with Crippen LogP contribution in [0, 0.1) is 50.2 Å². The predicted octanol–water partition coefficient (Wildman–Crippen LogP) is 5.36. The van der Waals surface area contributed by atoms with E-state index in [1.165, 1.54) is 5.57 Å². The molecule has 0 amide bonds. The highest BCUT2D eigenvalue weighted by Crippen LogP contribution is 2.75. The van der Waals surface area contributed by atoms with Gasteiger partial charge in [-0.2, -0.15) is 0 Å². The summed E-state index contributed by atoms with van der Waals surface area (Å²) in [5.74, 6) is -1.80. The van der Waals surface area contributed by atoms with Crippen LogP contribution in [-0.4, -0.2) is 68.9 Å². The van der Waals surface area contributed by atoms with Crippen LogP contribution in [0.3, 0.4) is 0 Å². The number of hydrogen-bond donors (Lipinski definition) is 4. The van der Waals surface area contributed by atoms with Crippen molar-refractivity contribution in [3.63, 3.8) is 0 Å². The van der Waals surface area contributed by atoms with E-state index >= 15 is 0 Å². The summed E-state index contributed by atoms with van der Waals surface area (Å²) in [5, 5.41) is 40.2. The Bertz CT molecular complexity index is 1310. The molecule has 9 heteroatoms. The number of ether oxygens (including phenoxy) is 2. The first-order valence-electron chi connectivity index (χ1n) is 17.1. The van der Waals surface area contributed by atoms with Crippen LogP contribution in [0.5, 0.6) is 0 Å². The zero-order chi connectivity index (χ0) is 33.1. The van der Waals surface area contributed by atoms with Crippen LogP contribution in [-0.2, 0) is 23.9 Å². The van der Waals surface area contributed by atoms with Gasteiger partial charge in [0, 0.05) is 12.3 Å². The molecule has 1 saturated heterocycles. The maximum absolute atomic E-state index is 14.6. The summed E-state index contributed by atoms with van der Waals surface area (Å²) in [7, 11) is 0. The zero-order valence-corrected chi connectivity index (χ0v) is 28.1. The number of aliphatic hydroxyl groups is 2. The molecule has 4 N–H and O–H groups in total. The Hall–Kier alpha value is -1.81. The summed E-state index contributed by atoms with van der Waals surface area (Å²) in [5.41, 5.74) is -0.675. The monoisotopic (exact) mass is 630 g/mol. The van der Waals surface area contributed by atoms with Gasteiger partial charge in [0.15, 0.2) is 18.2 Å². The Labute approximate surface area is 267 Å². The second kappa shape index (κ2) is 10.3. The molecule has 5 aliphatic carbocycles. The van der Waals surface area contributed by atoms with Crippen molar-refractivity contribution in [1.29, 1.82) is 0 Å². The molecule has 13 atom stereocenters. The molecule has 252 valence electrons. The first kappa shape index (κ1) is 33.1. The Morgan fingerprint density at radius 3 is 2.22 bits per heavy atom. The number of rotatable bonds is 4. The topological polar surface area (TPSA) is 151 Å². The number of carbonyl (C=O) groups is 3. The van der Waals surface area contributed by atoms with Gasteiger partial charge in [-0.1, -0.05) is 47.1 Å². The summed E-state index contributed by atoms with van der Waals surface area (Å²) < 4.78 is 12.1. The van der Waals surface area contributed by atoms with E-state index in [4.69, 9.17) is 9.47 Å². The van der Waals surface area contributed by atoms with Gasteiger partial charge in [-0.25, -0.2) is 4.79 Å². The van der Waals surface area contributed by atoms with Crippen molar-refractivity contribution >= 4 is 17.7 Å². The van der Waals surface area contributed by atoms with Crippen LogP contribution in [0.2, 0.25) is 0 Å². The van der Waals surface area contributed by atoms with Gasteiger partial charge in [-0.05, 0) is 110 Å². The van der Waals surface area contributed by atoms with Crippen molar-refractivity contribution in [2.75, 3.05) is 0 Å². The lowest BCUT2D eigenvalue weighted by molar-refractivity contribution is -0.290. The highest BCUT2D eigenvalue weighted by Gasteiger charge is 2.70. The predicted molar refractivity (Wildman–Crippen MR) is 165 cm³/mol. The van der Waals surface area contributed by atoms with Gasteiger partial charge in [0.1, 0.15) is 6.10 Å². The molecule has 0 spiro atoms. The van der Waals surface area contributed by atoms with Crippen LogP contribution < -0.4 is 0 Å². The maximum Gasteiger partial charge on any atom is 0.335 e. The number of aliphatic hydroxyl groups excluding tert-OH is 2. The first-order chi connectivity index (χ1) is 20.7. The maximum atomic E-state index is 14.6. The van der Waals surface area contributed by atoms with Gasteiger partial charge in [0.05, 0.1) is 17.6 Å². The van der Waals surface area contributed by atoms with Gasteiger partial charge >= 0.3 is 11.9 Å². The van der Waals surface area contributed by atoms with Crippen molar-refractivity contribution < 1.29 is 44.3 Å². The molecular formula is C36H54O9. The molecule has 9 nitrogen and oxygen atoms in total. The first-order valence-corrected chi connectivity index (χ1v) is 17.1.